The summed E-state index contributed by atoms with van der Waals surface area (Å²) in [5, 5.41) is 7.92. The fourth-order valence-corrected chi connectivity index (χ4v) is 1.75. The monoisotopic (exact) mass is 195 g/mol. The van der Waals surface area contributed by atoms with E-state index < -0.39 is 0 Å². The van der Waals surface area contributed by atoms with Gasteiger partial charge < -0.3 is 5.32 Å². The van der Waals surface area contributed by atoms with Crippen molar-refractivity contribution in [3.63, 3.8) is 0 Å². The molecule has 1 atom stereocenters. The van der Waals surface area contributed by atoms with Gasteiger partial charge in [-0.3, -0.25) is 4.68 Å². The van der Waals surface area contributed by atoms with Crippen LogP contribution in [-0.4, -0.2) is 16.3 Å². The first-order valence-electron chi connectivity index (χ1n) is 5.49. The predicted molar refractivity (Wildman–Crippen MR) is 59.3 cm³/mol. The summed E-state index contributed by atoms with van der Waals surface area (Å²) >= 11 is 0. The van der Waals surface area contributed by atoms with E-state index in [2.05, 4.69) is 37.3 Å². The molecule has 3 nitrogen and oxygen atoms in total. The molecule has 1 aromatic rings. The fourth-order valence-electron chi connectivity index (χ4n) is 1.75. The molecule has 3 heteroatoms. The SMILES string of the molecule is CCNC(CC)c1cc(CC)nn1C. The maximum absolute atomic E-state index is 4.46. The lowest BCUT2D eigenvalue weighted by Crippen LogP contribution is -2.22. The van der Waals surface area contributed by atoms with Crippen molar-refractivity contribution in [3.05, 3.63) is 17.5 Å². The number of hydrogen-bond donors (Lipinski definition) is 1. The van der Waals surface area contributed by atoms with Crippen molar-refractivity contribution in [2.75, 3.05) is 6.54 Å². The summed E-state index contributed by atoms with van der Waals surface area (Å²) in [7, 11) is 2.02. The maximum Gasteiger partial charge on any atom is 0.0625 e. The quantitative estimate of drug-likeness (QED) is 0.779. The van der Waals surface area contributed by atoms with Gasteiger partial charge in [-0.25, -0.2) is 0 Å². The predicted octanol–water partition coefficient (Wildman–Crippen LogP) is 2.04. The molecule has 0 saturated heterocycles. The third kappa shape index (κ3) is 2.35. The van der Waals surface area contributed by atoms with E-state index in [1.807, 2.05) is 11.7 Å². The van der Waals surface area contributed by atoms with E-state index in [1.165, 1.54) is 11.4 Å². The molecule has 0 fully saturated rings. The molecule has 0 saturated carbocycles. The number of nitrogens with zero attached hydrogens (tertiary/aromatic N) is 2. The topological polar surface area (TPSA) is 29.9 Å². The Balaban J connectivity index is 2.85. The van der Waals surface area contributed by atoms with Gasteiger partial charge in [-0.1, -0.05) is 20.8 Å². The highest BCUT2D eigenvalue weighted by atomic mass is 15.3. The molecule has 0 aromatic carbocycles. The van der Waals surface area contributed by atoms with Gasteiger partial charge in [0.2, 0.25) is 0 Å². The molecule has 0 aliphatic rings. The lowest BCUT2D eigenvalue weighted by Gasteiger charge is -2.15. The highest BCUT2D eigenvalue weighted by Gasteiger charge is 2.13. The Hall–Kier alpha value is -0.830. The first-order chi connectivity index (χ1) is 6.72. The van der Waals surface area contributed by atoms with Gasteiger partial charge in [0.1, 0.15) is 0 Å². The Kier molecular flexibility index (Phi) is 4.14. The second-order valence-electron chi connectivity index (χ2n) is 3.56. The van der Waals surface area contributed by atoms with Crippen LogP contribution in [0.15, 0.2) is 6.07 Å². The molecular weight excluding hydrogens is 174 g/mol. The van der Waals surface area contributed by atoms with Crippen molar-refractivity contribution in [2.45, 2.75) is 39.7 Å². The molecule has 1 unspecified atom stereocenters. The van der Waals surface area contributed by atoms with Crippen LogP contribution in [0.3, 0.4) is 0 Å². The second-order valence-corrected chi connectivity index (χ2v) is 3.56. The van der Waals surface area contributed by atoms with E-state index in [9.17, 15) is 0 Å². The van der Waals surface area contributed by atoms with Crippen LogP contribution in [0.4, 0.5) is 0 Å². The van der Waals surface area contributed by atoms with Crippen molar-refractivity contribution >= 4 is 0 Å². The zero-order chi connectivity index (χ0) is 10.6. The number of aryl methyl sites for hydroxylation is 2. The van der Waals surface area contributed by atoms with Gasteiger partial charge in [0.25, 0.3) is 0 Å². The van der Waals surface area contributed by atoms with Crippen LogP contribution in [0.25, 0.3) is 0 Å². The molecule has 1 N–H and O–H groups in total. The average Bonchev–Trinajstić information content (AvgIpc) is 2.56. The molecular formula is C11H21N3. The molecule has 0 bridgehead atoms. The van der Waals surface area contributed by atoms with E-state index in [-0.39, 0.29) is 0 Å². The Bertz CT molecular complexity index is 278. The van der Waals surface area contributed by atoms with Crippen LogP contribution in [0.5, 0.6) is 0 Å². The Morgan fingerprint density at radius 2 is 2.14 bits per heavy atom. The van der Waals surface area contributed by atoms with Crippen molar-refractivity contribution in [1.29, 1.82) is 0 Å². The molecule has 80 valence electrons. The van der Waals surface area contributed by atoms with Crippen molar-refractivity contribution in [2.24, 2.45) is 7.05 Å². The molecule has 0 aliphatic heterocycles. The number of hydrogen-bond acceptors (Lipinski definition) is 2. The third-order valence-electron chi connectivity index (χ3n) is 2.54. The molecule has 0 spiro atoms. The zero-order valence-electron chi connectivity index (χ0n) is 9.67. The fraction of sp³-hybridized carbons (Fsp3) is 0.727. The van der Waals surface area contributed by atoms with Crippen LogP contribution < -0.4 is 5.32 Å². The average molecular weight is 195 g/mol. The van der Waals surface area contributed by atoms with Crippen LogP contribution in [0, 0.1) is 0 Å². The van der Waals surface area contributed by atoms with E-state index in [4.69, 9.17) is 0 Å². The van der Waals surface area contributed by atoms with E-state index in [0.29, 0.717) is 6.04 Å². The lowest BCUT2D eigenvalue weighted by atomic mass is 10.1. The molecule has 1 rings (SSSR count). The van der Waals surface area contributed by atoms with Gasteiger partial charge in [-0.2, -0.15) is 5.10 Å². The zero-order valence-corrected chi connectivity index (χ0v) is 9.67. The van der Waals surface area contributed by atoms with Crippen molar-refractivity contribution in [1.82, 2.24) is 15.1 Å². The van der Waals surface area contributed by atoms with Crippen molar-refractivity contribution in [3.8, 4) is 0 Å². The first-order valence-corrected chi connectivity index (χ1v) is 5.49. The molecule has 0 radical (unpaired) electrons. The highest BCUT2D eigenvalue weighted by Crippen LogP contribution is 2.17. The standard InChI is InChI=1S/C11H21N3/c1-5-9-8-11(14(4)13-9)10(6-2)12-7-3/h8,10,12H,5-7H2,1-4H3. The molecule has 14 heavy (non-hydrogen) atoms. The van der Waals surface area contributed by atoms with Gasteiger partial charge in [0.15, 0.2) is 0 Å². The molecule has 0 aliphatic carbocycles. The van der Waals surface area contributed by atoms with Crippen molar-refractivity contribution < 1.29 is 0 Å². The first kappa shape index (κ1) is 11.2. The Morgan fingerprint density at radius 1 is 1.43 bits per heavy atom. The minimum absolute atomic E-state index is 0.442. The van der Waals surface area contributed by atoms with Crippen LogP contribution in [-0.2, 0) is 13.5 Å². The van der Waals surface area contributed by atoms with Gasteiger partial charge in [-0.05, 0) is 25.5 Å². The summed E-state index contributed by atoms with van der Waals surface area (Å²) in [5.74, 6) is 0. The highest BCUT2D eigenvalue weighted by molar-refractivity contribution is 5.14. The van der Waals surface area contributed by atoms with Gasteiger partial charge in [0, 0.05) is 13.1 Å². The third-order valence-corrected chi connectivity index (χ3v) is 2.54. The summed E-state index contributed by atoms with van der Waals surface area (Å²) in [6, 6.07) is 2.65. The Morgan fingerprint density at radius 3 is 2.57 bits per heavy atom. The minimum Gasteiger partial charge on any atom is -0.309 e. The van der Waals surface area contributed by atoms with Gasteiger partial charge in [-0.15, -0.1) is 0 Å². The summed E-state index contributed by atoms with van der Waals surface area (Å²) < 4.78 is 2.00. The largest absolute Gasteiger partial charge is 0.309 e. The van der Waals surface area contributed by atoms with E-state index in [1.54, 1.807) is 0 Å². The number of aromatic nitrogens is 2. The summed E-state index contributed by atoms with van der Waals surface area (Å²) in [6.07, 6.45) is 2.12. The molecule has 0 amide bonds. The number of rotatable bonds is 5. The summed E-state index contributed by atoms with van der Waals surface area (Å²) in [5.41, 5.74) is 2.48. The smallest absolute Gasteiger partial charge is 0.0625 e. The van der Waals surface area contributed by atoms with Crippen LogP contribution >= 0.6 is 0 Å². The minimum atomic E-state index is 0.442. The van der Waals surface area contributed by atoms with Crippen LogP contribution in [0.1, 0.15) is 44.6 Å². The lowest BCUT2D eigenvalue weighted by molar-refractivity contribution is 0.497. The van der Waals surface area contributed by atoms with Crippen LogP contribution in [0.2, 0.25) is 0 Å². The Labute approximate surface area is 86.5 Å². The maximum atomic E-state index is 4.46. The molecule has 1 heterocycles. The normalized spacial score (nSPS) is 13.1. The number of nitrogens with one attached hydrogen (secondary N) is 1. The van der Waals surface area contributed by atoms with Gasteiger partial charge >= 0.3 is 0 Å². The van der Waals surface area contributed by atoms with Gasteiger partial charge in [0.05, 0.1) is 11.4 Å². The van der Waals surface area contributed by atoms with E-state index in [0.717, 1.165) is 19.4 Å². The second kappa shape index (κ2) is 5.15. The molecule has 1 aromatic heterocycles. The summed E-state index contributed by atoms with van der Waals surface area (Å²) in [4.78, 5) is 0. The van der Waals surface area contributed by atoms with E-state index >= 15 is 0 Å². The summed E-state index contributed by atoms with van der Waals surface area (Å²) in [6.45, 7) is 7.48.